The Morgan fingerprint density at radius 2 is 1.90 bits per heavy atom. The summed E-state index contributed by atoms with van der Waals surface area (Å²) >= 11 is 0. The molecule has 156 valence electrons. The lowest BCUT2D eigenvalue weighted by atomic mass is 10.2. The van der Waals surface area contributed by atoms with Crippen LogP contribution in [-0.2, 0) is 16.6 Å². The number of rotatable bonds is 9. The van der Waals surface area contributed by atoms with Gasteiger partial charge in [0, 0.05) is 43.4 Å². The van der Waals surface area contributed by atoms with Crippen LogP contribution in [0.25, 0.3) is 0 Å². The fourth-order valence-electron chi connectivity index (χ4n) is 2.69. The Morgan fingerprint density at radius 3 is 2.48 bits per heavy atom. The minimum atomic E-state index is -4.10. The number of sulfonamides is 1. The van der Waals surface area contributed by atoms with Gasteiger partial charge in [0.1, 0.15) is 28.2 Å². The molecule has 1 fully saturated rings. The molecular weight excluding hydrogens is 402 g/mol. The fourth-order valence-corrected chi connectivity index (χ4v) is 3.85. The molecule has 1 heterocycles. The Labute approximate surface area is 168 Å². The Morgan fingerprint density at radius 1 is 1.14 bits per heavy atom. The maximum atomic E-state index is 12.9. The standard InChI is InChI=1S/C18H21N3O7S/c1-26-14-5-3-12(17(8-14)27-2)9-20-29(24,25)18-7-13(21(22)23)4-6-16(18)28-15-10-19-11-15/h3-8,15,19-20H,9-11H2,1-2H3. The number of non-ortho nitro benzene ring substituents is 1. The molecule has 11 heteroatoms. The SMILES string of the molecule is COc1ccc(CNS(=O)(=O)c2cc([N+](=O)[O-])ccc2OC2CNC2)c(OC)c1. The summed E-state index contributed by atoms with van der Waals surface area (Å²) in [6.07, 6.45) is -0.188. The first kappa shape index (κ1) is 20.8. The van der Waals surface area contributed by atoms with Crippen LogP contribution >= 0.6 is 0 Å². The van der Waals surface area contributed by atoms with Crippen molar-refractivity contribution in [3.05, 3.63) is 52.1 Å². The highest BCUT2D eigenvalue weighted by Crippen LogP contribution is 2.30. The van der Waals surface area contributed by atoms with Crippen molar-refractivity contribution in [3.63, 3.8) is 0 Å². The van der Waals surface area contributed by atoms with Crippen LogP contribution in [0.5, 0.6) is 17.2 Å². The normalized spacial score (nSPS) is 14.1. The zero-order chi connectivity index (χ0) is 21.0. The number of hydrogen-bond acceptors (Lipinski definition) is 8. The highest BCUT2D eigenvalue weighted by atomic mass is 32.2. The molecule has 1 saturated heterocycles. The fraction of sp³-hybridized carbons (Fsp3) is 0.333. The van der Waals surface area contributed by atoms with Gasteiger partial charge in [0.2, 0.25) is 10.0 Å². The van der Waals surface area contributed by atoms with Crippen LogP contribution < -0.4 is 24.2 Å². The van der Waals surface area contributed by atoms with Crippen LogP contribution in [0, 0.1) is 10.1 Å². The van der Waals surface area contributed by atoms with Gasteiger partial charge in [0.05, 0.1) is 19.1 Å². The first-order valence-corrected chi connectivity index (χ1v) is 10.2. The second-order valence-corrected chi connectivity index (χ2v) is 8.02. The van der Waals surface area contributed by atoms with Gasteiger partial charge in [0.25, 0.3) is 5.69 Å². The summed E-state index contributed by atoms with van der Waals surface area (Å²) in [7, 11) is -1.13. The molecule has 0 aromatic heterocycles. The van der Waals surface area contributed by atoms with Gasteiger partial charge in [-0.25, -0.2) is 13.1 Å². The summed E-state index contributed by atoms with van der Waals surface area (Å²) in [6, 6.07) is 8.50. The topological polar surface area (TPSA) is 129 Å². The molecule has 1 aliphatic rings. The molecule has 10 nitrogen and oxygen atoms in total. The second-order valence-electron chi connectivity index (χ2n) is 6.29. The summed E-state index contributed by atoms with van der Waals surface area (Å²) in [5.74, 6) is 1.08. The zero-order valence-electron chi connectivity index (χ0n) is 15.9. The number of hydrogen-bond donors (Lipinski definition) is 2. The third kappa shape index (κ3) is 4.75. The summed E-state index contributed by atoms with van der Waals surface area (Å²) < 4.78 is 44.4. The molecule has 2 aromatic rings. The third-order valence-electron chi connectivity index (χ3n) is 4.41. The molecule has 0 saturated carbocycles. The Balaban J connectivity index is 1.87. The Kier molecular flexibility index (Phi) is 6.20. The number of nitro groups is 1. The van der Waals surface area contributed by atoms with Crippen LogP contribution in [-0.4, -0.2) is 46.8 Å². The molecule has 0 unspecified atom stereocenters. The van der Waals surface area contributed by atoms with Crippen molar-refractivity contribution in [1.29, 1.82) is 0 Å². The van der Waals surface area contributed by atoms with Gasteiger partial charge < -0.3 is 19.5 Å². The van der Waals surface area contributed by atoms with E-state index in [0.29, 0.717) is 30.2 Å². The van der Waals surface area contributed by atoms with E-state index in [1.165, 1.54) is 26.4 Å². The summed E-state index contributed by atoms with van der Waals surface area (Å²) in [6.45, 7) is 1.07. The molecule has 0 aliphatic carbocycles. The van der Waals surface area contributed by atoms with E-state index < -0.39 is 14.9 Å². The van der Waals surface area contributed by atoms with Crippen molar-refractivity contribution in [1.82, 2.24) is 10.0 Å². The van der Waals surface area contributed by atoms with E-state index in [1.54, 1.807) is 18.2 Å². The first-order valence-electron chi connectivity index (χ1n) is 8.70. The quantitative estimate of drug-likeness (QED) is 0.458. The largest absolute Gasteiger partial charge is 0.497 e. The van der Waals surface area contributed by atoms with E-state index in [0.717, 1.165) is 6.07 Å². The lowest BCUT2D eigenvalue weighted by Crippen LogP contribution is -2.50. The molecule has 2 aromatic carbocycles. The average molecular weight is 423 g/mol. The summed E-state index contributed by atoms with van der Waals surface area (Å²) in [4.78, 5) is 10.2. The molecule has 3 rings (SSSR count). The first-order chi connectivity index (χ1) is 13.8. The Hall–Kier alpha value is -2.89. The van der Waals surface area contributed by atoms with E-state index >= 15 is 0 Å². The second kappa shape index (κ2) is 8.64. The van der Waals surface area contributed by atoms with Crippen molar-refractivity contribution in [3.8, 4) is 17.2 Å². The number of nitro benzene ring substituents is 1. The van der Waals surface area contributed by atoms with Crippen LogP contribution in [0.4, 0.5) is 5.69 Å². The predicted molar refractivity (Wildman–Crippen MR) is 104 cm³/mol. The van der Waals surface area contributed by atoms with Crippen molar-refractivity contribution in [2.75, 3.05) is 27.3 Å². The lowest BCUT2D eigenvalue weighted by molar-refractivity contribution is -0.385. The molecular formula is C18H21N3O7S. The lowest BCUT2D eigenvalue weighted by Gasteiger charge is -2.28. The van der Waals surface area contributed by atoms with Gasteiger partial charge in [-0.1, -0.05) is 6.07 Å². The van der Waals surface area contributed by atoms with Gasteiger partial charge in [-0.2, -0.15) is 0 Å². The van der Waals surface area contributed by atoms with Crippen LogP contribution in [0.2, 0.25) is 0 Å². The van der Waals surface area contributed by atoms with Crippen LogP contribution in [0.15, 0.2) is 41.3 Å². The molecule has 2 N–H and O–H groups in total. The molecule has 0 atom stereocenters. The monoisotopic (exact) mass is 423 g/mol. The minimum absolute atomic E-state index is 0.0660. The van der Waals surface area contributed by atoms with Crippen LogP contribution in [0.3, 0.4) is 0 Å². The number of ether oxygens (including phenoxy) is 3. The van der Waals surface area contributed by atoms with Gasteiger partial charge in [-0.3, -0.25) is 10.1 Å². The third-order valence-corrected chi connectivity index (χ3v) is 5.83. The van der Waals surface area contributed by atoms with Gasteiger partial charge >= 0.3 is 0 Å². The summed E-state index contributed by atoms with van der Waals surface area (Å²) in [5.41, 5.74) is 0.236. The number of methoxy groups -OCH3 is 2. The smallest absolute Gasteiger partial charge is 0.271 e. The Bertz CT molecular complexity index is 1010. The van der Waals surface area contributed by atoms with Crippen molar-refractivity contribution in [2.24, 2.45) is 0 Å². The van der Waals surface area contributed by atoms with Gasteiger partial charge in [-0.05, 0) is 12.1 Å². The van der Waals surface area contributed by atoms with E-state index in [-0.39, 0.29) is 29.0 Å². The number of nitrogens with one attached hydrogen (secondary N) is 2. The van der Waals surface area contributed by atoms with Crippen molar-refractivity contribution < 1.29 is 27.6 Å². The van der Waals surface area contributed by atoms with E-state index in [2.05, 4.69) is 10.0 Å². The molecule has 1 aliphatic heterocycles. The molecule has 0 spiro atoms. The summed E-state index contributed by atoms with van der Waals surface area (Å²) in [5, 5.41) is 14.1. The number of benzene rings is 2. The highest BCUT2D eigenvalue weighted by molar-refractivity contribution is 7.89. The number of nitrogens with zero attached hydrogens (tertiary/aromatic N) is 1. The van der Waals surface area contributed by atoms with Crippen LogP contribution in [0.1, 0.15) is 5.56 Å². The molecule has 0 bridgehead atoms. The highest BCUT2D eigenvalue weighted by Gasteiger charge is 2.27. The van der Waals surface area contributed by atoms with E-state index in [1.807, 2.05) is 0 Å². The maximum Gasteiger partial charge on any atom is 0.271 e. The van der Waals surface area contributed by atoms with Gasteiger partial charge in [-0.15, -0.1) is 0 Å². The molecule has 0 radical (unpaired) electrons. The van der Waals surface area contributed by atoms with Crippen molar-refractivity contribution >= 4 is 15.7 Å². The predicted octanol–water partition coefficient (Wildman–Crippen LogP) is 1.44. The average Bonchev–Trinajstić information content (AvgIpc) is 2.68. The maximum absolute atomic E-state index is 12.9. The van der Waals surface area contributed by atoms with E-state index in [9.17, 15) is 18.5 Å². The van der Waals surface area contributed by atoms with Crippen molar-refractivity contribution in [2.45, 2.75) is 17.5 Å². The van der Waals surface area contributed by atoms with E-state index in [4.69, 9.17) is 14.2 Å². The molecule has 0 amide bonds. The van der Waals surface area contributed by atoms with Gasteiger partial charge in [0.15, 0.2) is 0 Å². The minimum Gasteiger partial charge on any atom is -0.497 e. The molecule has 29 heavy (non-hydrogen) atoms. The zero-order valence-corrected chi connectivity index (χ0v) is 16.7.